The summed E-state index contributed by atoms with van der Waals surface area (Å²) in [6, 6.07) is 16.2. The SMILES string of the molecule is O=C(/C=C/c1cnn(-c2ccccc2)c1)NCC(c1ccc(F)cc1)N1CCOCC1. The third-order valence-electron chi connectivity index (χ3n) is 5.26. The highest BCUT2D eigenvalue weighted by atomic mass is 19.1. The third kappa shape index (κ3) is 5.65. The van der Waals surface area contributed by atoms with E-state index in [1.54, 1.807) is 29.1 Å². The third-order valence-corrected chi connectivity index (χ3v) is 5.26. The second kappa shape index (κ2) is 10.1. The van der Waals surface area contributed by atoms with Gasteiger partial charge in [-0.2, -0.15) is 5.10 Å². The van der Waals surface area contributed by atoms with Crippen LogP contribution in [0.15, 0.2) is 73.1 Å². The number of ether oxygens (including phenoxy) is 1. The van der Waals surface area contributed by atoms with Gasteiger partial charge in [0.2, 0.25) is 5.91 Å². The van der Waals surface area contributed by atoms with Gasteiger partial charge in [-0.15, -0.1) is 0 Å². The first-order valence-corrected chi connectivity index (χ1v) is 10.3. The predicted molar refractivity (Wildman–Crippen MR) is 117 cm³/mol. The van der Waals surface area contributed by atoms with Crippen LogP contribution in [-0.2, 0) is 9.53 Å². The van der Waals surface area contributed by atoms with Crippen molar-refractivity contribution in [3.05, 3.63) is 90.0 Å². The van der Waals surface area contributed by atoms with E-state index in [1.807, 2.05) is 36.5 Å². The molecule has 7 heteroatoms. The topological polar surface area (TPSA) is 59.4 Å². The summed E-state index contributed by atoms with van der Waals surface area (Å²) in [7, 11) is 0. The standard InChI is InChI=1S/C24H25FN4O2/c25-21-9-7-20(8-10-21)23(28-12-14-31-15-13-28)17-26-24(30)11-6-19-16-27-29(18-19)22-4-2-1-3-5-22/h1-11,16,18,23H,12-15,17H2,(H,26,30)/b11-6+. The van der Waals surface area contributed by atoms with Crippen LogP contribution >= 0.6 is 0 Å². The van der Waals surface area contributed by atoms with E-state index in [1.165, 1.54) is 18.2 Å². The summed E-state index contributed by atoms with van der Waals surface area (Å²) in [5.41, 5.74) is 2.76. The molecular weight excluding hydrogens is 395 g/mol. The normalized spacial score (nSPS) is 15.8. The summed E-state index contributed by atoms with van der Waals surface area (Å²) >= 11 is 0. The molecule has 2 heterocycles. The number of halogens is 1. The van der Waals surface area contributed by atoms with E-state index in [-0.39, 0.29) is 17.8 Å². The van der Waals surface area contributed by atoms with Crippen LogP contribution in [0.2, 0.25) is 0 Å². The van der Waals surface area contributed by atoms with E-state index in [0.29, 0.717) is 19.8 Å². The Hall–Kier alpha value is -3.29. The minimum atomic E-state index is -0.271. The molecule has 1 aliphatic rings. The molecule has 0 spiro atoms. The number of nitrogens with zero attached hydrogens (tertiary/aromatic N) is 3. The van der Waals surface area contributed by atoms with Gasteiger partial charge in [0.05, 0.1) is 31.1 Å². The van der Waals surface area contributed by atoms with Gasteiger partial charge < -0.3 is 10.1 Å². The van der Waals surface area contributed by atoms with Crippen molar-refractivity contribution in [2.75, 3.05) is 32.8 Å². The fourth-order valence-corrected chi connectivity index (χ4v) is 3.60. The molecule has 0 aliphatic carbocycles. The molecule has 1 unspecified atom stereocenters. The molecule has 0 radical (unpaired) electrons. The predicted octanol–water partition coefficient (Wildman–Crippen LogP) is 3.21. The molecule has 160 valence electrons. The lowest BCUT2D eigenvalue weighted by atomic mass is 10.0. The lowest BCUT2D eigenvalue weighted by Gasteiger charge is -2.34. The molecule has 1 atom stereocenters. The highest BCUT2D eigenvalue weighted by molar-refractivity contribution is 5.91. The number of nitrogens with one attached hydrogen (secondary N) is 1. The molecule has 6 nitrogen and oxygen atoms in total. The van der Waals surface area contributed by atoms with Gasteiger partial charge in [0.25, 0.3) is 0 Å². The van der Waals surface area contributed by atoms with Gasteiger partial charge in [-0.3, -0.25) is 9.69 Å². The van der Waals surface area contributed by atoms with Crippen LogP contribution in [0.3, 0.4) is 0 Å². The van der Waals surface area contributed by atoms with Crippen LogP contribution in [0.1, 0.15) is 17.2 Å². The van der Waals surface area contributed by atoms with Gasteiger partial charge in [0.15, 0.2) is 0 Å². The van der Waals surface area contributed by atoms with Crippen LogP contribution in [0.5, 0.6) is 0 Å². The Balaban J connectivity index is 1.38. The van der Waals surface area contributed by atoms with Gasteiger partial charge in [0, 0.05) is 37.5 Å². The number of hydrogen-bond acceptors (Lipinski definition) is 4. The van der Waals surface area contributed by atoms with Crippen LogP contribution in [0.25, 0.3) is 11.8 Å². The molecule has 1 saturated heterocycles. The zero-order chi connectivity index (χ0) is 21.5. The van der Waals surface area contributed by atoms with E-state index < -0.39 is 0 Å². The Kier molecular flexibility index (Phi) is 6.86. The second-order valence-electron chi connectivity index (χ2n) is 7.35. The fraction of sp³-hybridized carbons (Fsp3) is 0.250. The van der Waals surface area contributed by atoms with Crippen LogP contribution in [0, 0.1) is 5.82 Å². The minimum absolute atomic E-state index is 0.0392. The van der Waals surface area contributed by atoms with E-state index >= 15 is 0 Å². The van der Waals surface area contributed by atoms with Crippen molar-refractivity contribution in [3.63, 3.8) is 0 Å². The largest absolute Gasteiger partial charge is 0.379 e. The van der Waals surface area contributed by atoms with Gasteiger partial charge in [-0.25, -0.2) is 9.07 Å². The minimum Gasteiger partial charge on any atom is -0.379 e. The molecule has 0 bridgehead atoms. The summed E-state index contributed by atoms with van der Waals surface area (Å²) < 4.78 is 20.6. The molecule has 1 aliphatic heterocycles. The number of benzene rings is 2. The van der Waals surface area contributed by atoms with Crippen molar-refractivity contribution in [2.45, 2.75) is 6.04 Å². The summed E-state index contributed by atoms with van der Waals surface area (Å²) in [5, 5.41) is 7.30. The average Bonchev–Trinajstić information content (AvgIpc) is 3.29. The highest BCUT2D eigenvalue weighted by Gasteiger charge is 2.23. The van der Waals surface area contributed by atoms with E-state index in [9.17, 15) is 9.18 Å². The highest BCUT2D eigenvalue weighted by Crippen LogP contribution is 2.21. The maximum atomic E-state index is 13.4. The quantitative estimate of drug-likeness (QED) is 0.597. The number of morpholine rings is 1. The average molecular weight is 420 g/mol. The lowest BCUT2D eigenvalue weighted by molar-refractivity contribution is -0.116. The van der Waals surface area contributed by atoms with E-state index in [4.69, 9.17) is 4.74 Å². The van der Waals surface area contributed by atoms with Crippen LogP contribution in [0.4, 0.5) is 4.39 Å². The Morgan fingerprint density at radius 3 is 2.61 bits per heavy atom. The first kappa shape index (κ1) is 21.0. The van der Waals surface area contributed by atoms with Crippen molar-refractivity contribution in [2.24, 2.45) is 0 Å². The molecule has 1 amide bonds. The molecule has 1 aromatic heterocycles. The van der Waals surface area contributed by atoms with Gasteiger partial charge >= 0.3 is 0 Å². The summed E-state index contributed by atoms with van der Waals surface area (Å²) in [5.74, 6) is -0.458. The molecule has 4 rings (SSSR count). The zero-order valence-electron chi connectivity index (χ0n) is 17.2. The Labute approximate surface area is 180 Å². The molecule has 2 aromatic carbocycles. The van der Waals surface area contributed by atoms with Crippen molar-refractivity contribution in [1.82, 2.24) is 20.0 Å². The number of carbonyl (C=O) groups is 1. The summed E-state index contributed by atoms with van der Waals surface area (Å²) in [6.07, 6.45) is 6.83. The number of rotatable bonds is 7. The second-order valence-corrected chi connectivity index (χ2v) is 7.35. The smallest absolute Gasteiger partial charge is 0.244 e. The van der Waals surface area contributed by atoms with Crippen molar-refractivity contribution in [3.8, 4) is 5.69 Å². The first-order chi connectivity index (χ1) is 15.2. The maximum Gasteiger partial charge on any atom is 0.244 e. The molecule has 0 saturated carbocycles. The fourth-order valence-electron chi connectivity index (χ4n) is 3.60. The van der Waals surface area contributed by atoms with Crippen molar-refractivity contribution in [1.29, 1.82) is 0 Å². The van der Waals surface area contributed by atoms with E-state index in [0.717, 1.165) is 29.9 Å². The number of aromatic nitrogens is 2. The molecule has 31 heavy (non-hydrogen) atoms. The number of amides is 1. The monoisotopic (exact) mass is 420 g/mol. The number of hydrogen-bond donors (Lipinski definition) is 1. The van der Waals surface area contributed by atoms with Crippen LogP contribution < -0.4 is 5.32 Å². The Morgan fingerprint density at radius 2 is 1.87 bits per heavy atom. The summed E-state index contributed by atoms with van der Waals surface area (Å²) in [4.78, 5) is 14.7. The van der Waals surface area contributed by atoms with Gasteiger partial charge in [0.1, 0.15) is 5.82 Å². The summed E-state index contributed by atoms with van der Waals surface area (Å²) in [6.45, 7) is 3.27. The zero-order valence-corrected chi connectivity index (χ0v) is 17.2. The number of carbonyl (C=O) groups excluding carboxylic acids is 1. The maximum absolute atomic E-state index is 13.4. The number of para-hydroxylation sites is 1. The Morgan fingerprint density at radius 1 is 1.13 bits per heavy atom. The van der Waals surface area contributed by atoms with Gasteiger partial charge in [-0.05, 0) is 35.9 Å². The first-order valence-electron chi connectivity index (χ1n) is 10.3. The van der Waals surface area contributed by atoms with Crippen molar-refractivity contribution < 1.29 is 13.9 Å². The van der Waals surface area contributed by atoms with Gasteiger partial charge in [-0.1, -0.05) is 30.3 Å². The Bertz CT molecular complexity index is 1010. The van der Waals surface area contributed by atoms with Crippen molar-refractivity contribution >= 4 is 12.0 Å². The molecular formula is C24H25FN4O2. The lowest BCUT2D eigenvalue weighted by Crippen LogP contribution is -2.43. The molecule has 1 fully saturated rings. The molecule has 3 aromatic rings. The molecule has 1 N–H and O–H groups in total. The van der Waals surface area contributed by atoms with Crippen LogP contribution in [-0.4, -0.2) is 53.4 Å². The van der Waals surface area contributed by atoms with E-state index in [2.05, 4.69) is 15.3 Å².